The predicted molar refractivity (Wildman–Crippen MR) is 150 cm³/mol. The average molecular weight is 549 g/mol. The summed E-state index contributed by atoms with van der Waals surface area (Å²) in [5.41, 5.74) is 6.91. The zero-order valence-corrected chi connectivity index (χ0v) is 23.2. The summed E-state index contributed by atoms with van der Waals surface area (Å²) in [5.74, 6) is 0.0876. The first-order valence-corrected chi connectivity index (χ1v) is 13.9. The third kappa shape index (κ3) is 4.59. The van der Waals surface area contributed by atoms with Crippen LogP contribution >= 0.6 is 0 Å². The number of likely N-dealkylation sites (N-methyl/N-ethyl adjacent to an activating group) is 1. The van der Waals surface area contributed by atoms with Crippen molar-refractivity contribution in [1.29, 1.82) is 0 Å². The molecule has 10 heteroatoms. The molecule has 0 aliphatic carbocycles. The third-order valence-electron chi connectivity index (χ3n) is 8.44. The van der Waals surface area contributed by atoms with Gasteiger partial charge in [-0.15, -0.1) is 0 Å². The summed E-state index contributed by atoms with van der Waals surface area (Å²) < 4.78 is 30.5. The monoisotopic (exact) mass is 548 g/mol. The Morgan fingerprint density at radius 1 is 1.02 bits per heavy atom. The Morgan fingerprint density at radius 3 is 2.52 bits per heavy atom. The second-order valence-corrected chi connectivity index (χ2v) is 10.9. The highest BCUT2D eigenvalue weighted by Crippen LogP contribution is 2.45. The van der Waals surface area contributed by atoms with Crippen LogP contribution in [0.2, 0.25) is 0 Å². The van der Waals surface area contributed by atoms with E-state index in [1.165, 1.54) is 0 Å². The number of alkyl halides is 2. The van der Waals surface area contributed by atoms with Gasteiger partial charge in [-0.3, -0.25) is 14.3 Å². The number of benzene rings is 2. The van der Waals surface area contributed by atoms with Gasteiger partial charge in [-0.2, -0.15) is 5.10 Å². The van der Waals surface area contributed by atoms with E-state index in [9.17, 15) is 18.4 Å². The number of amides is 2. The fraction of sp³-hybridized carbons (Fsp3) is 0.433. The lowest BCUT2D eigenvalue weighted by molar-refractivity contribution is -0.131. The van der Waals surface area contributed by atoms with Crippen molar-refractivity contribution in [1.82, 2.24) is 19.6 Å². The van der Waals surface area contributed by atoms with Crippen LogP contribution in [0.1, 0.15) is 48.9 Å². The van der Waals surface area contributed by atoms with E-state index in [-0.39, 0.29) is 17.4 Å². The van der Waals surface area contributed by atoms with Crippen LogP contribution in [0, 0.1) is 0 Å². The van der Waals surface area contributed by atoms with E-state index in [2.05, 4.69) is 27.0 Å². The topological polar surface area (TPSA) is 64.9 Å². The summed E-state index contributed by atoms with van der Waals surface area (Å²) in [6.45, 7) is 7.56. The number of aromatic nitrogens is 2. The molecule has 0 unspecified atom stereocenters. The number of piperazine rings is 1. The molecule has 3 aliphatic heterocycles. The number of carbonyl (C=O) groups is 2. The van der Waals surface area contributed by atoms with Crippen molar-refractivity contribution in [3.63, 3.8) is 0 Å². The van der Waals surface area contributed by atoms with Gasteiger partial charge in [0, 0.05) is 93.2 Å². The fourth-order valence-corrected chi connectivity index (χ4v) is 6.27. The highest BCUT2D eigenvalue weighted by Gasteiger charge is 2.32. The van der Waals surface area contributed by atoms with Gasteiger partial charge in [-0.25, -0.2) is 8.78 Å². The van der Waals surface area contributed by atoms with Crippen molar-refractivity contribution in [2.24, 2.45) is 7.05 Å². The molecule has 0 radical (unpaired) electrons. The minimum Gasteiger partial charge on any atom is -0.360 e. The van der Waals surface area contributed by atoms with E-state index >= 15 is 0 Å². The maximum Gasteiger partial charge on any atom is 0.264 e. The molecule has 1 saturated heterocycles. The molecule has 0 N–H and O–H groups in total. The van der Waals surface area contributed by atoms with Gasteiger partial charge < -0.3 is 19.6 Å². The molecule has 8 nitrogen and oxygen atoms in total. The molecule has 1 aromatic heterocycles. The lowest BCUT2D eigenvalue weighted by Crippen LogP contribution is -2.50. The average Bonchev–Trinajstić information content (AvgIpc) is 3.58. The number of halogens is 2. The van der Waals surface area contributed by atoms with Gasteiger partial charge in [0.2, 0.25) is 11.8 Å². The number of carbonyl (C=O) groups excluding carboxylic acids is 2. The van der Waals surface area contributed by atoms with Crippen LogP contribution in [-0.2, 0) is 36.1 Å². The second-order valence-electron chi connectivity index (χ2n) is 10.9. The van der Waals surface area contributed by atoms with Crippen LogP contribution in [-0.4, -0.2) is 64.1 Å². The Labute approximate surface area is 232 Å². The number of nitrogens with zero attached hydrogens (tertiary/aromatic N) is 6. The van der Waals surface area contributed by atoms with Crippen molar-refractivity contribution < 1.29 is 18.4 Å². The molecule has 3 aliphatic rings. The first-order chi connectivity index (χ1) is 19.2. The quantitative estimate of drug-likeness (QED) is 0.465. The Bertz CT molecular complexity index is 1490. The fourth-order valence-electron chi connectivity index (χ4n) is 6.27. The van der Waals surface area contributed by atoms with Gasteiger partial charge >= 0.3 is 0 Å². The van der Waals surface area contributed by atoms with E-state index < -0.39 is 6.43 Å². The van der Waals surface area contributed by atoms with E-state index in [0.29, 0.717) is 50.4 Å². The van der Waals surface area contributed by atoms with E-state index in [4.69, 9.17) is 0 Å². The van der Waals surface area contributed by atoms with E-state index in [1.807, 2.05) is 17.9 Å². The molecule has 0 saturated carbocycles. The highest BCUT2D eigenvalue weighted by molar-refractivity contribution is 5.85. The summed E-state index contributed by atoms with van der Waals surface area (Å²) >= 11 is 0. The summed E-state index contributed by atoms with van der Waals surface area (Å²) in [4.78, 5) is 33.0. The van der Waals surface area contributed by atoms with Crippen LogP contribution in [0.4, 0.5) is 25.8 Å². The second kappa shape index (κ2) is 10.2. The number of hydrogen-bond donors (Lipinski definition) is 0. The molecule has 6 rings (SSSR count). The van der Waals surface area contributed by atoms with Gasteiger partial charge in [-0.05, 0) is 60.7 Å². The normalized spacial score (nSPS) is 17.1. The lowest BCUT2D eigenvalue weighted by atomic mass is 9.92. The number of hydrogen-bond acceptors (Lipinski definition) is 5. The maximum atomic E-state index is 14.5. The van der Waals surface area contributed by atoms with Crippen molar-refractivity contribution in [3.05, 3.63) is 58.9 Å². The Kier molecular flexibility index (Phi) is 6.72. The van der Waals surface area contributed by atoms with Crippen LogP contribution in [0.3, 0.4) is 0 Å². The SMILES string of the molecule is CCN1CCN(c2cc3c(c(N4CCCc5cc(-c6cnn(C)c6)c(C(F)F)cc54)c2)CN(C(C)=O)C3)CC1=O. The number of anilines is 3. The number of aryl methyl sites for hydroxylation is 2. The Hall–Kier alpha value is -3.95. The molecule has 0 atom stereocenters. The molecule has 1 fully saturated rings. The first-order valence-electron chi connectivity index (χ1n) is 13.9. The van der Waals surface area contributed by atoms with Gasteiger partial charge in [0.1, 0.15) is 0 Å². The molecular formula is C30H34F2N6O2. The van der Waals surface area contributed by atoms with Crippen molar-refractivity contribution in [2.75, 3.05) is 42.5 Å². The van der Waals surface area contributed by atoms with Gasteiger partial charge in [0.15, 0.2) is 0 Å². The Morgan fingerprint density at radius 2 is 1.85 bits per heavy atom. The standard InChI is InChI=1S/C30H34F2N6O2/c1-4-35-8-9-36(18-29(35)40)23-10-21-16-37(19(2)39)17-26(21)28(12-23)38-7-5-6-20-11-24(22-14-33-34(3)15-22)25(30(31)32)13-27(20)38/h10-15,30H,4-9,16-18H2,1-3H3. The minimum atomic E-state index is -2.64. The summed E-state index contributed by atoms with van der Waals surface area (Å²) in [5, 5.41) is 4.20. The van der Waals surface area contributed by atoms with Gasteiger partial charge in [0.05, 0.1) is 12.7 Å². The molecule has 0 spiro atoms. The smallest absolute Gasteiger partial charge is 0.264 e. The number of fused-ring (bicyclic) bond motifs is 2. The molecule has 4 heterocycles. The molecule has 2 amide bonds. The van der Waals surface area contributed by atoms with Crippen LogP contribution in [0.5, 0.6) is 0 Å². The largest absolute Gasteiger partial charge is 0.360 e. The Balaban J connectivity index is 1.46. The van der Waals surface area contributed by atoms with Crippen LogP contribution in [0.25, 0.3) is 11.1 Å². The minimum absolute atomic E-state index is 0.00409. The molecule has 0 bridgehead atoms. The van der Waals surface area contributed by atoms with E-state index in [1.54, 1.807) is 42.0 Å². The van der Waals surface area contributed by atoms with Crippen molar-refractivity contribution in [2.45, 2.75) is 46.2 Å². The van der Waals surface area contributed by atoms with Crippen LogP contribution < -0.4 is 9.80 Å². The summed E-state index contributed by atoms with van der Waals surface area (Å²) in [7, 11) is 1.78. The zero-order chi connectivity index (χ0) is 28.1. The molecular weight excluding hydrogens is 514 g/mol. The summed E-state index contributed by atoms with van der Waals surface area (Å²) in [6, 6.07) is 7.72. The molecule has 3 aromatic rings. The van der Waals surface area contributed by atoms with Crippen molar-refractivity contribution in [3.8, 4) is 11.1 Å². The molecule has 2 aromatic carbocycles. The van der Waals surface area contributed by atoms with Crippen molar-refractivity contribution >= 4 is 28.9 Å². The van der Waals surface area contributed by atoms with Gasteiger partial charge in [0.25, 0.3) is 6.43 Å². The highest BCUT2D eigenvalue weighted by atomic mass is 19.3. The van der Waals surface area contributed by atoms with Gasteiger partial charge in [-0.1, -0.05) is 0 Å². The first kappa shape index (κ1) is 26.3. The summed E-state index contributed by atoms with van der Waals surface area (Å²) in [6.07, 6.45) is 2.41. The zero-order valence-electron chi connectivity index (χ0n) is 23.2. The third-order valence-corrected chi connectivity index (χ3v) is 8.44. The van der Waals surface area contributed by atoms with E-state index in [0.717, 1.165) is 53.1 Å². The maximum absolute atomic E-state index is 14.5. The number of rotatable bonds is 5. The predicted octanol–water partition coefficient (Wildman–Crippen LogP) is 4.64. The lowest BCUT2D eigenvalue weighted by Gasteiger charge is -2.37. The molecule has 210 valence electrons. The molecule has 40 heavy (non-hydrogen) atoms. The van der Waals surface area contributed by atoms with Crippen LogP contribution in [0.15, 0.2) is 36.7 Å².